The highest BCUT2D eigenvalue weighted by Crippen LogP contribution is 2.31. The molecule has 0 radical (unpaired) electrons. The molecule has 0 heterocycles. The van der Waals surface area contributed by atoms with Gasteiger partial charge < -0.3 is 10.5 Å². The summed E-state index contributed by atoms with van der Waals surface area (Å²) in [7, 11) is 1.65. The zero-order valence-electron chi connectivity index (χ0n) is 9.75. The van der Waals surface area contributed by atoms with Crippen molar-refractivity contribution in [2.45, 2.75) is 13.8 Å². The molecule has 2 N–H and O–H groups in total. The van der Waals surface area contributed by atoms with E-state index in [1.165, 1.54) is 0 Å². The highest BCUT2D eigenvalue weighted by atomic mass is 79.9. The lowest BCUT2D eigenvalue weighted by Crippen LogP contribution is -1.89. The minimum absolute atomic E-state index is 0.766. The van der Waals surface area contributed by atoms with Gasteiger partial charge in [0.2, 0.25) is 0 Å². The van der Waals surface area contributed by atoms with E-state index in [9.17, 15) is 0 Å². The Hall–Kier alpha value is -1.22. The summed E-state index contributed by atoms with van der Waals surface area (Å²) in [5.74, 6) is 0.822. The second-order valence-electron chi connectivity index (χ2n) is 3.05. The van der Waals surface area contributed by atoms with Crippen LogP contribution in [0.1, 0.15) is 13.8 Å². The summed E-state index contributed by atoms with van der Waals surface area (Å²) in [5.41, 5.74) is 6.64. The molecule has 0 bridgehead atoms. The van der Waals surface area contributed by atoms with Gasteiger partial charge in [0.15, 0.2) is 0 Å². The topological polar surface area (TPSA) is 35.2 Å². The fourth-order valence-electron chi connectivity index (χ4n) is 1.44. The van der Waals surface area contributed by atoms with Crippen LogP contribution in [-0.2, 0) is 0 Å². The zero-order chi connectivity index (χ0) is 12.1. The lowest BCUT2D eigenvalue weighted by molar-refractivity contribution is 0.415. The Kier molecular flexibility index (Phi) is 4.62. The van der Waals surface area contributed by atoms with Gasteiger partial charge in [0.25, 0.3) is 0 Å². The van der Waals surface area contributed by atoms with Crippen LogP contribution in [0.4, 0.5) is 5.69 Å². The van der Waals surface area contributed by atoms with E-state index in [1.807, 2.05) is 44.2 Å². The molecule has 0 aliphatic heterocycles. The molecule has 0 fully saturated rings. The molecule has 2 rings (SSSR count). The third-order valence-electron chi connectivity index (χ3n) is 2.20. The standard InChI is InChI=1S/C11H10BrNO.C2H6/c1-14-7-2-3-8-9(6-7)11(13)5-4-10(8)12;1-2/h2-6H,13H2,1H3;1-2H3. The van der Waals surface area contributed by atoms with Crippen LogP contribution in [0.5, 0.6) is 5.75 Å². The number of ether oxygens (including phenoxy) is 1. The van der Waals surface area contributed by atoms with Crippen LogP contribution >= 0.6 is 15.9 Å². The molecule has 2 aromatic rings. The van der Waals surface area contributed by atoms with Crippen LogP contribution in [0.3, 0.4) is 0 Å². The highest BCUT2D eigenvalue weighted by Gasteiger charge is 2.03. The van der Waals surface area contributed by atoms with E-state index in [0.717, 1.165) is 26.7 Å². The summed E-state index contributed by atoms with van der Waals surface area (Å²) in [5, 5.41) is 2.12. The molecule has 0 unspecified atom stereocenters. The van der Waals surface area contributed by atoms with Gasteiger partial charge in [-0.2, -0.15) is 0 Å². The Bertz CT molecular complexity index is 483. The van der Waals surface area contributed by atoms with Crippen molar-refractivity contribution in [1.29, 1.82) is 0 Å². The molecule has 16 heavy (non-hydrogen) atoms. The first-order valence-electron chi connectivity index (χ1n) is 5.24. The van der Waals surface area contributed by atoms with Crippen LogP contribution in [0.2, 0.25) is 0 Å². The van der Waals surface area contributed by atoms with Crippen molar-refractivity contribution in [2.75, 3.05) is 12.8 Å². The number of hydrogen-bond acceptors (Lipinski definition) is 2. The maximum absolute atomic E-state index is 5.87. The predicted molar refractivity (Wildman–Crippen MR) is 74.0 cm³/mol. The van der Waals surface area contributed by atoms with Crippen molar-refractivity contribution in [2.24, 2.45) is 0 Å². The molecule has 0 aliphatic carbocycles. The van der Waals surface area contributed by atoms with Gasteiger partial charge in [-0.05, 0) is 35.7 Å². The van der Waals surface area contributed by atoms with Crippen molar-refractivity contribution in [3.63, 3.8) is 0 Å². The Balaban J connectivity index is 0.000000606. The van der Waals surface area contributed by atoms with Crippen LogP contribution in [0.15, 0.2) is 34.8 Å². The van der Waals surface area contributed by atoms with Gasteiger partial charge in [-0.3, -0.25) is 0 Å². The van der Waals surface area contributed by atoms with Gasteiger partial charge >= 0.3 is 0 Å². The molecule has 2 aromatic carbocycles. The van der Waals surface area contributed by atoms with Crippen molar-refractivity contribution < 1.29 is 4.74 Å². The van der Waals surface area contributed by atoms with Crippen molar-refractivity contribution >= 4 is 32.4 Å². The maximum Gasteiger partial charge on any atom is 0.119 e. The lowest BCUT2D eigenvalue weighted by atomic mass is 10.1. The molecule has 0 aliphatic rings. The van der Waals surface area contributed by atoms with E-state index in [4.69, 9.17) is 10.5 Å². The third-order valence-corrected chi connectivity index (χ3v) is 2.90. The maximum atomic E-state index is 5.87. The second-order valence-corrected chi connectivity index (χ2v) is 3.90. The number of halogens is 1. The van der Waals surface area contributed by atoms with Crippen LogP contribution in [-0.4, -0.2) is 7.11 Å². The average molecular weight is 282 g/mol. The van der Waals surface area contributed by atoms with Gasteiger partial charge in [-0.1, -0.05) is 29.8 Å². The van der Waals surface area contributed by atoms with E-state index in [-0.39, 0.29) is 0 Å². The van der Waals surface area contributed by atoms with E-state index in [0.29, 0.717) is 0 Å². The monoisotopic (exact) mass is 281 g/mol. The Morgan fingerprint density at radius 3 is 2.38 bits per heavy atom. The predicted octanol–water partition coefficient (Wildman–Crippen LogP) is 4.22. The normalized spacial score (nSPS) is 9.50. The Morgan fingerprint density at radius 2 is 1.75 bits per heavy atom. The first-order valence-corrected chi connectivity index (χ1v) is 6.03. The Morgan fingerprint density at radius 1 is 1.06 bits per heavy atom. The molecule has 0 saturated carbocycles. The lowest BCUT2D eigenvalue weighted by Gasteiger charge is -2.06. The first-order chi connectivity index (χ1) is 7.72. The van der Waals surface area contributed by atoms with E-state index in [2.05, 4.69) is 15.9 Å². The molecule has 86 valence electrons. The van der Waals surface area contributed by atoms with Gasteiger partial charge in [-0.25, -0.2) is 0 Å². The van der Waals surface area contributed by atoms with E-state index in [1.54, 1.807) is 7.11 Å². The molecular weight excluding hydrogens is 266 g/mol. The summed E-state index contributed by atoms with van der Waals surface area (Å²) in [6.45, 7) is 4.00. The highest BCUT2D eigenvalue weighted by molar-refractivity contribution is 9.10. The van der Waals surface area contributed by atoms with Crippen molar-refractivity contribution in [3.8, 4) is 5.75 Å². The number of methoxy groups -OCH3 is 1. The number of fused-ring (bicyclic) bond motifs is 1. The molecule has 0 amide bonds. The molecular formula is C13H16BrNO. The molecule has 0 saturated heterocycles. The van der Waals surface area contributed by atoms with Gasteiger partial charge in [-0.15, -0.1) is 0 Å². The molecule has 3 heteroatoms. The summed E-state index contributed by atoms with van der Waals surface area (Å²) >= 11 is 3.48. The smallest absolute Gasteiger partial charge is 0.119 e. The quantitative estimate of drug-likeness (QED) is 0.795. The molecule has 0 atom stereocenters. The van der Waals surface area contributed by atoms with Crippen LogP contribution in [0.25, 0.3) is 10.8 Å². The number of rotatable bonds is 1. The first kappa shape index (κ1) is 12.8. The van der Waals surface area contributed by atoms with E-state index >= 15 is 0 Å². The average Bonchev–Trinajstić information content (AvgIpc) is 2.36. The molecule has 2 nitrogen and oxygen atoms in total. The third kappa shape index (κ3) is 2.47. The van der Waals surface area contributed by atoms with Crippen LogP contribution in [0, 0.1) is 0 Å². The van der Waals surface area contributed by atoms with Crippen molar-refractivity contribution in [1.82, 2.24) is 0 Å². The van der Waals surface area contributed by atoms with E-state index < -0.39 is 0 Å². The fraction of sp³-hybridized carbons (Fsp3) is 0.231. The number of anilines is 1. The van der Waals surface area contributed by atoms with Gasteiger partial charge in [0, 0.05) is 15.5 Å². The fourth-order valence-corrected chi connectivity index (χ4v) is 1.92. The zero-order valence-corrected chi connectivity index (χ0v) is 11.3. The number of hydrogen-bond donors (Lipinski definition) is 1. The van der Waals surface area contributed by atoms with Crippen molar-refractivity contribution in [3.05, 3.63) is 34.8 Å². The largest absolute Gasteiger partial charge is 0.497 e. The summed E-state index contributed by atoms with van der Waals surface area (Å²) < 4.78 is 6.19. The summed E-state index contributed by atoms with van der Waals surface area (Å²) in [4.78, 5) is 0. The molecule has 0 spiro atoms. The number of benzene rings is 2. The number of nitrogen functional groups attached to an aromatic ring is 1. The van der Waals surface area contributed by atoms with Gasteiger partial charge in [0.05, 0.1) is 7.11 Å². The van der Waals surface area contributed by atoms with Crippen LogP contribution < -0.4 is 10.5 Å². The summed E-state index contributed by atoms with van der Waals surface area (Å²) in [6.07, 6.45) is 0. The van der Waals surface area contributed by atoms with Gasteiger partial charge in [0.1, 0.15) is 5.75 Å². The molecule has 0 aromatic heterocycles. The second kappa shape index (κ2) is 5.75. The number of nitrogens with two attached hydrogens (primary N) is 1. The minimum atomic E-state index is 0.766. The Labute approximate surface area is 105 Å². The minimum Gasteiger partial charge on any atom is -0.497 e. The SMILES string of the molecule is CC.COc1ccc2c(Br)ccc(N)c2c1. The summed E-state index contributed by atoms with van der Waals surface area (Å²) in [6, 6.07) is 9.69.